The number of halogens is 1. The number of likely N-dealkylation sites (N-methyl/N-ethyl adjacent to an activating group) is 1. The molecule has 0 unspecified atom stereocenters. The molecule has 2 aromatic rings. The fourth-order valence-electron chi connectivity index (χ4n) is 2.52. The van der Waals surface area contributed by atoms with Gasteiger partial charge in [-0.1, -0.05) is 26.3 Å². The number of nitrogens with zero attached hydrogens (tertiary/aromatic N) is 5. The number of rotatable bonds is 5. The molecule has 0 fully saturated rings. The van der Waals surface area contributed by atoms with Crippen LogP contribution in [-0.2, 0) is 9.53 Å². The minimum Gasteiger partial charge on any atom is -0.467 e. The van der Waals surface area contributed by atoms with Crippen molar-refractivity contribution >= 4 is 12.0 Å². The Morgan fingerprint density at radius 1 is 1.35 bits per heavy atom. The number of tetrazole rings is 1. The first-order chi connectivity index (χ1) is 12.3. The van der Waals surface area contributed by atoms with E-state index in [1.807, 2.05) is 6.92 Å². The van der Waals surface area contributed by atoms with Crippen molar-refractivity contribution in [2.75, 3.05) is 14.2 Å². The van der Waals surface area contributed by atoms with Crippen LogP contribution in [0.25, 0.3) is 5.69 Å². The monoisotopic (exact) mass is 365 g/mol. The Balaban J connectivity index is 2.38. The van der Waals surface area contributed by atoms with Crippen molar-refractivity contribution in [2.45, 2.75) is 26.3 Å². The van der Waals surface area contributed by atoms with Crippen LogP contribution in [0, 0.1) is 11.7 Å². The average Bonchev–Trinajstić information content (AvgIpc) is 3.02. The Labute approximate surface area is 148 Å². The summed E-state index contributed by atoms with van der Waals surface area (Å²) >= 11 is 0. The smallest absolute Gasteiger partial charge is 0.377 e. The number of hydrogen-bond donors (Lipinski definition) is 0. The second-order valence-electron chi connectivity index (χ2n) is 5.81. The second-order valence-corrected chi connectivity index (χ2v) is 5.81. The number of esters is 1. The molecular weight excluding hydrogens is 345 g/mol. The maximum Gasteiger partial charge on any atom is 0.377 e. The first-order valence-corrected chi connectivity index (χ1v) is 7.97. The third-order valence-electron chi connectivity index (χ3n) is 4.16. The molecule has 1 aromatic carbocycles. The van der Waals surface area contributed by atoms with Crippen LogP contribution in [0.4, 0.5) is 9.18 Å². The van der Waals surface area contributed by atoms with Crippen molar-refractivity contribution < 1.29 is 18.7 Å². The van der Waals surface area contributed by atoms with Gasteiger partial charge in [0.25, 0.3) is 0 Å². The number of methoxy groups -OCH3 is 1. The van der Waals surface area contributed by atoms with E-state index in [4.69, 9.17) is 4.74 Å². The van der Waals surface area contributed by atoms with Gasteiger partial charge in [0.2, 0.25) is 0 Å². The lowest BCUT2D eigenvalue weighted by molar-refractivity contribution is -0.147. The Hall–Kier alpha value is -3.04. The minimum absolute atomic E-state index is 0.128. The summed E-state index contributed by atoms with van der Waals surface area (Å²) in [7, 11) is 2.60. The molecule has 2 rings (SSSR count). The molecule has 0 bridgehead atoms. The van der Waals surface area contributed by atoms with Gasteiger partial charge in [-0.05, 0) is 34.5 Å². The largest absolute Gasteiger partial charge is 0.467 e. The van der Waals surface area contributed by atoms with Gasteiger partial charge >= 0.3 is 17.7 Å². The highest BCUT2D eigenvalue weighted by Gasteiger charge is 2.34. The van der Waals surface area contributed by atoms with E-state index in [1.54, 1.807) is 6.92 Å². The molecule has 10 heteroatoms. The van der Waals surface area contributed by atoms with Crippen molar-refractivity contribution in [1.82, 2.24) is 24.7 Å². The summed E-state index contributed by atoms with van der Waals surface area (Å²) in [4.78, 5) is 38.2. The Kier molecular flexibility index (Phi) is 5.86. The van der Waals surface area contributed by atoms with Gasteiger partial charge in [-0.15, -0.1) is 4.68 Å². The molecule has 26 heavy (non-hydrogen) atoms. The van der Waals surface area contributed by atoms with Crippen molar-refractivity contribution in [1.29, 1.82) is 0 Å². The quantitative estimate of drug-likeness (QED) is 0.580. The van der Waals surface area contributed by atoms with E-state index in [0.717, 1.165) is 15.6 Å². The van der Waals surface area contributed by atoms with Gasteiger partial charge in [-0.3, -0.25) is 0 Å². The van der Waals surface area contributed by atoms with E-state index in [9.17, 15) is 18.8 Å². The number of aromatic nitrogens is 4. The lowest BCUT2D eigenvalue weighted by atomic mass is 9.98. The SMILES string of the molecule is CC[C@H](C)[C@@H](C(=O)OC)N(C)C(=O)n1nnn(-c2cccc(F)c2)c1=O. The highest BCUT2D eigenvalue weighted by molar-refractivity contribution is 5.84. The first-order valence-electron chi connectivity index (χ1n) is 7.97. The van der Waals surface area contributed by atoms with E-state index in [-0.39, 0.29) is 11.6 Å². The predicted octanol–water partition coefficient (Wildman–Crippen LogP) is 1.06. The summed E-state index contributed by atoms with van der Waals surface area (Å²) in [5.74, 6) is -1.36. The third-order valence-corrected chi connectivity index (χ3v) is 4.16. The topological polar surface area (TPSA) is 99.3 Å². The number of hydrogen-bond acceptors (Lipinski definition) is 6. The summed E-state index contributed by atoms with van der Waals surface area (Å²) in [6, 6.07) is 3.43. The number of benzene rings is 1. The van der Waals surface area contributed by atoms with Gasteiger partial charge in [0, 0.05) is 7.05 Å². The minimum atomic E-state index is -0.885. The number of amides is 1. The van der Waals surface area contributed by atoms with Crippen LogP contribution >= 0.6 is 0 Å². The van der Waals surface area contributed by atoms with Crippen LogP contribution < -0.4 is 5.69 Å². The van der Waals surface area contributed by atoms with E-state index >= 15 is 0 Å². The molecule has 1 amide bonds. The van der Waals surface area contributed by atoms with Crippen molar-refractivity contribution in [3.8, 4) is 5.69 Å². The van der Waals surface area contributed by atoms with Crippen LogP contribution in [0.3, 0.4) is 0 Å². The third kappa shape index (κ3) is 3.63. The molecular formula is C16H20FN5O4. The van der Waals surface area contributed by atoms with Crippen LogP contribution in [0.1, 0.15) is 20.3 Å². The lowest BCUT2D eigenvalue weighted by Crippen LogP contribution is -2.50. The summed E-state index contributed by atoms with van der Waals surface area (Å²) in [5.41, 5.74) is -0.747. The maximum absolute atomic E-state index is 13.3. The second kappa shape index (κ2) is 7.89. The number of carbonyl (C=O) groups excluding carboxylic acids is 2. The zero-order chi connectivity index (χ0) is 19.4. The molecule has 0 saturated heterocycles. The summed E-state index contributed by atoms with van der Waals surface area (Å²) in [6.45, 7) is 3.66. The molecule has 0 N–H and O–H groups in total. The van der Waals surface area contributed by atoms with Crippen LogP contribution in [0.5, 0.6) is 0 Å². The predicted molar refractivity (Wildman–Crippen MR) is 89.4 cm³/mol. The van der Waals surface area contributed by atoms with Gasteiger partial charge < -0.3 is 9.64 Å². The Morgan fingerprint density at radius 3 is 2.62 bits per heavy atom. The highest BCUT2D eigenvalue weighted by Crippen LogP contribution is 2.15. The van der Waals surface area contributed by atoms with Crippen LogP contribution in [-0.4, -0.2) is 56.9 Å². The molecule has 0 saturated carbocycles. The summed E-state index contributed by atoms with van der Waals surface area (Å²) < 4.78 is 19.4. The standard InChI is InChI=1S/C16H20FN5O4/c1-5-10(2)13(14(23)26-4)20(3)15(24)22-16(25)21(18-19-22)12-8-6-7-11(17)9-12/h6-10,13H,5H2,1-4H3/t10-,13-/m0/s1. The highest BCUT2D eigenvalue weighted by atomic mass is 19.1. The number of carbonyl (C=O) groups is 2. The first kappa shape index (κ1) is 19.3. The van der Waals surface area contributed by atoms with Gasteiger partial charge in [0.1, 0.15) is 11.9 Å². The van der Waals surface area contributed by atoms with Crippen molar-refractivity contribution in [3.63, 3.8) is 0 Å². The Morgan fingerprint density at radius 2 is 2.04 bits per heavy atom. The van der Waals surface area contributed by atoms with Crippen molar-refractivity contribution in [2.24, 2.45) is 5.92 Å². The molecule has 1 heterocycles. The fraction of sp³-hybridized carbons (Fsp3) is 0.438. The van der Waals surface area contributed by atoms with E-state index in [1.165, 1.54) is 32.4 Å². The molecule has 0 spiro atoms. The van der Waals surface area contributed by atoms with Gasteiger partial charge in [0.05, 0.1) is 12.8 Å². The Bertz CT molecular complexity index is 862. The molecule has 0 radical (unpaired) electrons. The molecule has 0 aliphatic heterocycles. The zero-order valence-electron chi connectivity index (χ0n) is 14.9. The van der Waals surface area contributed by atoms with Gasteiger partial charge in [0.15, 0.2) is 0 Å². The lowest BCUT2D eigenvalue weighted by Gasteiger charge is -2.29. The van der Waals surface area contributed by atoms with E-state index in [0.29, 0.717) is 11.1 Å². The normalized spacial score (nSPS) is 13.1. The van der Waals surface area contributed by atoms with E-state index in [2.05, 4.69) is 10.4 Å². The molecule has 1 aromatic heterocycles. The summed E-state index contributed by atoms with van der Waals surface area (Å²) in [6.07, 6.45) is 0.613. The van der Waals surface area contributed by atoms with Crippen LogP contribution in [0.15, 0.2) is 29.1 Å². The fourth-order valence-corrected chi connectivity index (χ4v) is 2.52. The summed E-state index contributed by atoms with van der Waals surface area (Å²) in [5, 5.41) is 7.15. The van der Waals surface area contributed by atoms with Gasteiger partial charge in [-0.2, -0.15) is 4.68 Å². The molecule has 9 nitrogen and oxygen atoms in total. The van der Waals surface area contributed by atoms with Crippen LogP contribution in [0.2, 0.25) is 0 Å². The van der Waals surface area contributed by atoms with E-state index < -0.39 is 29.5 Å². The average molecular weight is 365 g/mol. The zero-order valence-corrected chi connectivity index (χ0v) is 14.9. The molecule has 0 aliphatic carbocycles. The maximum atomic E-state index is 13.3. The van der Waals surface area contributed by atoms with Crippen molar-refractivity contribution in [3.05, 3.63) is 40.6 Å². The van der Waals surface area contributed by atoms with Gasteiger partial charge in [-0.25, -0.2) is 18.8 Å². The number of ether oxygens (including phenoxy) is 1. The molecule has 2 atom stereocenters. The molecule has 140 valence electrons. The molecule has 0 aliphatic rings.